The Morgan fingerprint density at radius 2 is 1.88 bits per heavy atom. The molecule has 2 heterocycles. The van der Waals surface area contributed by atoms with Crippen molar-refractivity contribution in [1.29, 1.82) is 5.41 Å². The second-order valence-electron chi connectivity index (χ2n) is 7.74. The van der Waals surface area contributed by atoms with Crippen molar-refractivity contribution in [3.05, 3.63) is 64.7 Å². The quantitative estimate of drug-likeness (QED) is 0.431. The second-order valence-corrected chi connectivity index (χ2v) is 8.79. The average molecular weight is 463 g/mol. The molecule has 170 valence electrons. The molecule has 0 aromatic heterocycles. The lowest BCUT2D eigenvalue weighted by Gasteiger charge is -2.20. The number of hydrogen-bond donors (Lipinski definition) is 1. The third-order valence-electron chi connectivity index (χ3n) is 5.27. The van der Waals surface area contributed by atoms with Crippen LogP contribution in [-0.2, 0) is 4.79 Å². The Morgan fingerprint density at radius 3 is 2.67 bits per heavy atom. The molecule has 2 aromatic carbocycles. The van der Waals surface area contributed by atoms with Crippen molar-refractivity contribution in [1.82, 2.24) is 5.01 Å². The molecule has 0 spiro atoms. The van der Waals surface area contributed by atoms with Crippen molar-refractivity contribution in [3.63, 3.8) is 0 Å². The summed E-state index contributed by atoms with van der Waals surface area (Å²) in [5.41, 5.74) is 3.28. The molecule has 0 unspecified atom stereocenters. The Labute approximate surface area is 197 Å². The van der Waals surface area contributed by atoms with E-state index < -0.39 is 5.91 Å². The summed E-state index contributed by atoms with van der Waals surface area (Å²) >= 11 is 1.35. The molecule has 0 fully saturated rings. The summed E-state index contributed by atoms with van der Waals surface area (Å²) in [6.07, 6.45) is 3.37. The molecular weight excluding hydrogens is 436 g/mol. The second kappa shape index (κ2) is 10.0. The van der Waals surface area contributed by atoms with Crippen LogP contribution >= 0.6 is 11.8 Å². The Balaban J connectivity index is 1.45. The van der Waals surface area contributed by atoms with Crippen LogP contribution in [0.5, 0.6) is 11.5 Å². The summed E-state index contributed by atoms with van der Waals surface area (Å²) in [6, 6.07) is 13.4. The zero-order valence-corrected chi connectivity index (χ0v) is 19.7. The lowest BCUT2D eigenvalue weighted by Crippen LogP contribution is -2.35. The molecule has 0 bridgehead atoms. The first-order valence-corrected chi connectivity index (χ1v) is 11.7. The number of hydrazone groups is 1. The van der Waals surface area contributed by atoms with E-state index in [4.69, 9.17) is 14.9 Å². The molecule has 0 atom stereocenters. The van der Waals surface area contributed by atoms with Gasteiger partial charge in [0, 0.05) is 5.56 Å². The van der Waals surface area contributed by atoms with Gasteiger partial charge in [-0.05, 0) is 73.9 Å². The van der Waals surface area contributed by atoms with Gasteiger partial charge in [-0.2, -0.15) is 15.1 Å². The SMILES string of the molecule is CCCC1=NN2C(=N)/C(=C\c3ccccc3OCCOc3ccc(C)c(C)c3)C(=O)N=C2S1. The van der Waals surface area contributed by atoms with Crippen LogP contribution in [0.3, 0.4) is 0 Å². The predicted molar refractivity (Wildman–Crippen MR) is 133 cm³/mol. The molecule has 2 aliphatic heterocycles. The van der Waals surface area contributed by atoms with Crippen molar-refractivity contribution < 1.29 is 14.3 Å². The van der Waals surface area contributed by atoms with E-state index in [1.807, 2.05) is 42.5 Å². The van der Waals surface area contributed by atoms with Crippen molar-refractivity contribution in [2.24, 2.45) is 10.1 Å². The lowest BCUT2D eigenvalue weighted by atomic mass is 10.1. The molecule has 2 aromatic rings. The zero-order valence-electron chi connectivity index (χ0n) is 18.9. The first-order valence-electron chi connectivity index (χ1n) is 10.9. The highest BCUT2D eigenvalue weighted by Gasteiger charge is 2.35. The fourth-order valence-electron chi connectivity index (χ4n) is 3.35. The van der Waals surface area contributed by atoms with Crippen molar-refractivity contribution >= 4 is 39.8 Å². The minimum atomic E-state index is -0.445. The van der Waals surface area contributed by atoms with E-state index >= 15 is 0 Å². The third kappa shape index (κ3) is 5.17. The number of aliphatic imine (C=N–C) groups is 1. The van der Waals surface area contributed by atoms with E-state index in [1.165, 1.54) is 27.9 Å². The number of amides is 1. The number of amidine groups is 2. The summed E-state index contributed by atoms with van der Waals surface area (Å²) in [5.74, 6) is 0.990. The Kier molecular flexibility index (Phi) is 6.93. The maximum atomic E-state index is 12.6. The minimum Gasteiger partial charge on any atom is -0.490 e. The molecule has 0 aliphatic carbocycles. The minimum absolute atomic E-state index is 0.0245. The molecule has 0 saturated carbocycles. The van der Waals surface area contributed by atoms with Gasteiger partial charge in [0.25, 0.3) is 5.91 Å². The largest absolute Gasteiger partial charge is 0.490 e. The predicted octanol–water partition coefficient (Wildman–Crippen LogP) is 5.18. The number of ether oxygens (including phenoxy) is 2. The molecule has 1 amide bonds. The highest BCUT2D eigenvalue weighted by atomic mass is 32.2. The molecule has 7 nitrogen and oxygen atoms in total. The normalized spacial score (nSPS) is 16.6. The van der Waals surface area contributed by atoms with Gasteiger partial charge in [0.2, 0.25) is 5.17 Å². The Morgan fingerprint density at radius 1 is 1.09 bits per heavy atom. The number of carbonyl (C=O) groups excluding carboxylic acids is 1. The monoisotopic (exact) mass is 462 g/mol. The number of nitrogens with one attached hydrogen (secondary N) is 1. The first-order chi connectivity index (χ1) is 16.0. The number of para-hydroxylation sites is 1. The highest BCUT2D eigenvalue weighted by molar-refractivity contribution is 8.26. The Hall–Kier alpha value is -3.39. The summed E-state index contributed by atoms with van der Waals surface area (Å²) < 4.78 is 11.7. The standard InChI is InChI=1S/C25H26N4O3S/c1-4-7-22-28-29-23(26)20(24(30)27-25(29)33-22)15-18-8-5-6-9-21(18)32-13-12-31-19-11-10-16(2)17(3)14-19/h5-6,8-11,14-15,26H,4,7,12-13H2,1-3H3/b20-15+,26-23?. The average Bonchev–Trinajstić information content (AvgIpc) is 3.20. The van der Waals surface area contributed by atoms with Crippen LogP contribution in [0.25, 0.3) is 6.08 Å². The van der Waals surface area contributed by atoms with E-state index in [2.05, 4.69) is 30.9 Å². The van der Waals surface area contributed by atoms with Crippen molar-refractivity contribution in [3.8, 4) is 11.5 Å². The van der Waals surface area contributed by atoms with Crippen LogP contribution in [0.15, 0.2) is 58.1 Å². The fraction of sp³-hybridized carbons (Fsp3) is 0.280. The van der Waals surface area contributed by atoms with Crippen molar-refractivity contribution in [2.45, 2.75) is 33.6 Å². The van der Waals surface area contributed by atoms with Crippen molar-refractivity contribution in [2.75, 3.05) is 13.2 Å². The van der Waals surface area contributed by atoms with Gasteiger partial charge in [-0.3, -0.25) is 10.2 Å². The molecule has 2 aliphatic rings. The molecule has 0 radical (unpaired) electrons. The number of rotatable bonds is 8. The van der Waals surface area contributed by atoms with Crippen LogP contribution in [0.1, 0.15) is 36.5 Å². The fourth-order valence-corrected chi connectivity index (χ4v) is 4.33. The van der Waals surface area contributed by atoms with Gasteiger partial charge < -0.3 is 9.47 Å². The maximum Gasteiger partial charge on any atom is 0.283 e. The highest BCUT2D eigenvalue weighted by Crippen LogP contribution is 2.31. The van der Waals surface area contributed by atoms with Gasteiger partial charge in [-0.15, -0.1) is 0 Å². The van der Waals surface area contributed by atoms with Gasteiger partial charge in [-0.1, -0.05) is 31.2 Å². The smallest absolute Gasteiger partial charge is 0.283 e. The Bertz CT molecular complexity index is 1190. The number of hydrogen-bond acceptors (Lipinski definition) is 6. The van der Waals surface area contributed by atoms with Crippen LogP contribution in [0.4, 0.5) is 0 Å². The van der Waals surface area contributed by atoms with Gasteiger partial charge in [0.15, 0.2) is 5.84 Å². The van der Waals surface area contributed by atoms with E-state index in [-0.39, 0.29) is 11.4 Å². The van der Waals surface area contributed by atoms with E-state index in [1.54, 1.807) is 6.08 Å². The van der Waals surface area contributed by atoms with Crippen LogP contribution in [0, 0.1) is 19.3 Å². The number of thioether (sulfide) groups is 1. The van der Waals surface area contributed by atoms with E-state index in [9.17, 15) is 4.79 Å². The number of nitrogens with zero attached hydrogens (tertiary/aromatic N) is 3. The molecule has 33 heavy (non-hydrogen) atoms. The van der Waals surface area contributed by atoms with Gasteiger partial charge >= 0.3 is 0 Å². The summed E-state index contributed by atoms with van der Waals surface area (Å²) in [5, 5.41) is 15.7. The van der Waals surface area contributed by atoms with Crippen LogP contribution < -0.4 is 9.47 Å². The molecule has 1 N–H and O–H groups in total. The summed E-state index contributed by atoms with van der Waals surface area (Å²) in [4.78, 5) is 16.8. The van der Waals surface area contributed by atoms with E-state index in [0.29, 0.717) is 29.7 Å². The molecule has 0 saturated heterocycles. The molecular formula is C25H26N4O3S. The van der Waals surface area contributed by atoms with Gasteiger partial charge in [0.1, 0.15) is 29.8 Å². The molecule has 4 rings (SSSR count). The van der Waals surface area contributed by atoms with Crippen LogP contribution in [0.2, 0.25) is 0 Å². The number of carbonyl (C=O) groups is 1. The maximum absolute atomic E-state index is 12.6. The third-order valence-corrected chi connectivity index (χ3v) is 6.24. The number of benzene rings is 2. The lowest BCUT2D eigenvalue weighted by molar-refractivity contribution is -0.114. The number of aryl methyl sites for hydroxylation is 2. The first kappa shape index (κ1) is 22.8. The topological polar surface area (TPSA) is 87.3 Å². The van der Waals surface area contributed by atoms with Crippen LogP contribution in [-0.4, -0.2) is 40.2 Å². The van der Waals surface area contributed by atoms with Gasteiger partial charge in [-0.25, -0.2) is 0 Å². The molecule has 8 heteroatoms. The summed E-state index contributed by atoms with van der Waals surface area (Å²) in [6.45, 7) is 6.91. The van der Waals surface area contributed by atoms with Gasteiger partial charge in [0.05, 0.1) is 5.57 Å². The zero-order chi connectivity index (χ0) is 23.4. The van der Waals surface area contributed by atoms with E-state index in [0.717, 1.165) is 23.6 Å². The number of fused-ring (bicyclic) bond motifs is 1. The summed E-state index contributed by atoms with van der Waals surface area (Å²) in [7, 11) is 0.